The third-order valence-electron chi connectivity index (χ3n) is 4.21. The highest BCUT2D eigenvalue weighted by Crippen LogP contribution is 2.32. The SMILES string of the molecule is O=C1Nc2cc(C(=O)NCc3cccnc3)ccc2O/C1=C\c1ccccc1. The number of aromatic nitrogens is 1. The molecule has 2 heterocycles. The Balaban J connectivity index is 1.49. The highest BCUT2D eigenvalue weighted by Gasteiger charge is 2.23. The van der Waals surface area contributed by atoms with Crippen LogP contribution in [0.1, 0.15) is 21.5 Å². The Hall–Kier alpha value is -3.93. The maximum absolute atomic E-state index is 12.4. The van der Waals surface area contributed by atoms with Crippen LogP contribution >= 0.6 is 0 Å². The molecule has 2 aromatic carbocycles. The number of nitrogens with zero attached hydrogens (tertiary/aromatic N) is 1. The van der Waals surface area contributed by atoms with Gasteiger partial charge in [-0.15, -0.1) is 0 Å². The van der Waals surface area contributed by atoms with E-state index in [2.05, 4.69) is 15.6 Å². The minimum atomic E-state index is -0.357. The van der Waals surface area contributed by atoms with Crippen LogP contribution in [0.4, 0.5) is 5.69 Å². The van der Waals surface area contributed by atoms with E-state index in [4.69, 9.17) is 4.74 Å². The van der Waals surface area contributed by atoms with Crippen LogP contribution in [0.3, 0.4) is 0 Å². The number of pyridine rings is 1. The number of nitrogens with one attached hydrogen (secondary N) is 2. The van der Waals surface area contributed by atoms with Gasteiger partial charge in [0.2, 0.25) is 0 Å². The standard InChI is InChI=1S/C22H17N3O3/c26-21(24-14-16-7-4-10-23-13-16)17-8-9-19-18(12-17)25-22(27)20(28-19)11-15-5-2-1-3-6-15/h1-13H,14H2,(H,24,26)(H,25,27)/b20-11-. The normalized spacial score (nSPS) is 14.0. The lowest BCUT2D eigenvalue weighted by atomic mass is 10.1. The van der Waals surface area contributed by atoms with Crippen LogP contribution in [0.15, 0.2) is 78.8 Å². The molecule has 6 nitrogen and oxygen atoms in total. The van der Waals surface area contributed by atoms with Gasteiger partial charge in [0.05, 0.1) is 5.69 Å². The Morgan fingerprint density at radius 2 is 1.96 bits per heavy atom. The summed E-state index contributed by atoms with van der Waals surface area (Å²) in [5, 5.41) is 5.61. The molecule has 0 saturated carbocycles. The highest BCUT2D eigenvalue weighted by molar-refractivity contribution is 6.09. The first kappa shape index (κ1) is 17.5. The number of hydrogen-bond acceptors (Lipinski definition) is 4. The van der Waals surface area contributed by atoms with E-state index < -0.39 is 0 Å². The van der Waals surface area contributed by atoms with Gasteiger partial charge in [-0.25, -0.2) is 0 Å². The molecule has 2 N–H and O–H groups in total. The summed E-state index contributed by atoms with van der Waals surface area (Å²) in [6.07, 6.45) is 5.05. The van der Waals surface area contributed by atoms with Crippen molar-refractivity contribution in [3.8, 4) is 5.75 Å². The quantitative estimate of drug-likeness (QED) is 0.689. The molecular weight excluding hydrogens is 354 g/mol. The highest BCUT2D eigenvalue weighted by atomic mass is 16.5. The summed E-state index contributed by atoms with van der Waals surface area (Å²) in [6, 6.07) is 18.1. The van der Waals surface area contributed by atoms with Gasteiger partial charge in [-0.1, -0.05) is 36.4 Å². The van der Waals surface area contributed by atoms with Crippen molar-refractivity contribution in [2.45, 2.75) is 6.54 Å². The van der Waals surface area contributed by atoms with Crippen LogP contribution in [0, 0.1) is 0 Å². The first-order valence-corrected chi connectivity index (χ1v) is 8.76. The van der Waals surface area contributed by atoms with E-state index in [9.17, 15) is 9.59 Å². The first-order valence-electron chi connectivity index (χ1n) is 8.76. The fourth-order valence-electron chi connectivity index (χ4n) is 2.79. The molecule has 4 rings (SSSR count). The molecule has 1 aliphatic rings. The lowest BCUT2D eigenvalue weighted by Gasteiger charge is -2.20. The van der Waals surface area contributed by atoms with Crippen molar-refractivity contribution < 1.29 is 14.3 Å². The fraction of sp³-hybridized carbons (Fsp3) is 0.0455. The zero-order valence-corrected chi connectivity index (χ0v) is 14.9. The van der Waals surface area contributed by atoms with E-state index in [0.717, 1.165) is 11.1 Å². The van der Waals surface area contributed by atoms with Gasteiger partial charge in [-0.2, -0.15) is 0 Å². The van der Waals surface area contributed by atoms with E-state index >= 15 is 0 Å². The first-order chi connectivity index (χ1) is 13.7. The van der Waals surface area contributed by atoms with Gasteiger partial charge in [-0.3, -0.25) is 14.6 Å². The largest absolute Gasteiger partial charge is 0.449 e. The number of rotatable bonds is 4. The summed E-state index contributed by atoms with van der Waals surface area (Å²) in [5.41, 5.74) is 2.66. The van der Waals surface area contributed by atoms with Crippen LogP contribution < -0.4 is 15.4 Å². The molecule has 0 unspecified atom stereocenters. The van der Waals surface area contributed by atoms with Gasteiger partial charge in [-0.05, 0) is 41.5 Å². The van der Waals surface area contributed by atoms with Gasteiger partial charge in [0, 0.05) is 24.5 Å². The van der Waals surface area contributed by atoms with Crippen molar-refractivity contribution in [2.75, 3.05) is 5.32 Å². The zero-order valence-electron chi connectivity index (χ0n) is 14.9. The second-order valence-electron chi connectivity index (χ2n) is 6.23. The van der Waals surface area contributed by atoms with Crippen molar-refractivity contribution in [1.29, 1.82) is 0 Å². The molecule has 0 bridgehead atoms. The monoisotopic (exact) mass is 371 g/mol. The fourth-order valence-corrected chi connectivity index (χ4v) is 2.79. The summed E-state index contributed by atoms with van der Waals surface area (Å²) >= 11 is 0. The molecule has 0 radical (unpaired) electrons. The van der Waals surface area contributed by atoms with E-state index in [1.165, 1.54) is 0 Å². The molecule has 0 spiro atoms. The molecule has 0 aliphatic carbocycles. The van der Waals surface area contributed by atoms with Crippen molar-refractivity contribution >= 4 is 23.6 Å². The molecular formula is C22H17N3O3. The summed E-state index contributed by atoms with van der Waals surface area (Å²) in [7, 11) is 0. The van der Waals surface area contributed by atoms with Crippen molar-refractivity contribution in [2.24, 2.45) is 0 Å². The van der Waals surface area contributed by atoms with Gasteiger partial charge in [0.25, 0.3) is 11.8 Å². The van der Waals surface area contributed by atoms with E-state index in [1.807, 2.05) is 42.5 Å². The van der Waals surface area contributed by atoms with Crippen molar-refractivity contribution in [3.05, 3.63) is 95.5 Å². The topological polar surface area (TPSA) is 80.3 Å². The predicted octanol–water partition coefficient (Wildman–Crippen LogP) is 3.38. The van der Waals surface area contributed by atoms with Crippen molar-refractivity contribution in [3.63, 3.8) is 0 Å². The Kier molecular flexibility index (Phi) is 4.84. The van der Waals surface area contributed by atoms with E-state index in [1.54, 1.807) is 36.7 Å². The van der Waals surface area contributed by atoms with Crippen LogP contribution in [-0.2, 0) is 11.3 Å². The minimum absolute atomic E-state index is 0.201. The molecule has 1 aliphatic heterocycles. The number of ether oxygens (including phenoxy) is 1. The summed E-state index contributed by atoms with van der Waals surface area (Å²) in [5.74, 6) is 0.0915. The number of amides is 2. The lowest BCUT2D eigenvalue weighted by Crippen LogP contribution is -2.25. The molecule has 138 valence electrons. The lowest BCUT2D eigenvalue weighted by molar-refractivity contribution is -0.115. The molecule has 28 heavy (non-hydrogen) atoms. The molecule has 6 heteroatoms. The third-order valence-corrected chi connectivity index (χ3v) is 4.21. The minimum Gasteiger partial charge on any atom is -0.449 e. The van der Waals surface area contributed by atoms with E-state index in [-0.39, 0.29) is 17.6 Å². The average molecular weight is 371 g/mol. The molecule has 2 amide bonds. The second kappa shape index (κ2) is 7.75. The van der Waals surface area contributed by atoms with Gasteiger partial charge < -0.3 is 15.4 Å². The van der Waals surface area contributed by atoms with Crippen LogP contribution in [0.5, 0.6) is 5.75 Å². The number of carbonyl (C=O) groups excluding carboxylic acids is 2. The van der Waals surface area contributed by atoms with Gasteiger partial charge in [0.1, 0.15) is 0 Å². The molecule has 0 saturated heterocycles. The van der Waals surface area contributed by atoms with Gasteiger partial charge >= 0.3 is 0 Å². The molecule has 1 aromatic heterocycles. The Bertz CT molecular complexity index is 1050. The van der Waals surface area contributed by atoms with Crippen molar-refractivity contribution in [1.82, 2.24) is 10.3 Å². The Labute approximate surface area is 161 Å². The number of benzene rings is 2. The number of carbonyl (C=O) groups is 2. The Morgan fingerprint density at radius 1 is 1.11 bits per heavy atom. The zero-order chi connectivity index (χ0) is 19.3. The average Bonchev–Trinajstić information content (AvgIpc) is 2.74. The maximum Gasteiger partial charge on any atom is 0.291 e. The summed E-state index contributed by atoms with van der Waals surface area (Å²) in [6.45, 7) is 0.372. The summed E-state index contributed by atoms with van der Waals surface area (Å²) < 4.78 is 5.72. The molecule has 0 fully saturated rings. The second-order valence-corrected chi connectivity index (χ2v) is 6.23. The molecule has 3 aromatic rings. The third kappa shape index (κ3) is 3.91. The van der Waals surface area contributed by atoms with Crippen LogP contribution in [0.2, 0.25) is 0 Å². The number of anilines is 1. The Morgan fingerprint density at radius 3 is 2.75 bits per heavy atom. The predicted molar refractivity (Wildman–Crippen MR) is 106 cm³/mol. The molecule has 0 atom stereocenters. The van der Waals surface area contributed by atoms with Gasteiger partial charge in [0.15, 0.2) is 11.5 Å². The van der Waals surface area contributed by atoms with Crippen LogP contribution in [0.25, 0.3) is 6.08 Å². The summed E-state index contributed by atoms with van der Waals surface area (Å²) in [4.78, 5) is 28.8. The maximum atomic E-state index is 12.4. The smallest absolute Gasteiger partial charge is 0.291 e. The number of hydrogen-bond donors (Lipinski definition) is 2. The van der Waals surface area contributed by atoms with Crippen LogP contribution in [-0.4, -0.2) is 16.8 Å². The number of fused-ring (bicyclic) bond motifs is 1. The van der Waals surface area contributed by atoms with E-state index in [0.29, 0.717) is 23.5 Å².